The number of hydrogen-bond acceptors (Lipinski definition) is 3. The van der Waals surface area contributed by atoms with Crippen molar-refractivity contribution >= 4 is 23.2 Å². The quantitative estimate of drug-likeness (QED) is 0.899. The molecule has 98 valence electrons. The van der Waals surface area contributed by atoms with Gasteiger partial charge in [-0.2, -0.15) is 0 Å². The Bertz CT molecular complexity index is 444. The molecule has 2 rings (SSSR count). The molecular weight excluding hydrogens is 248 g/mol. The van der Waals surface area contributed by atoms with E-state index in [1.54, 1.807) is 16.2 Å². The molecular formula is C13H18N2O2S. The van der Waals surface area contributed by atoms with Crippen LogP contribution in [0.25, 0.3) is 0 Å². The van der Waals surface area contributed by atoms with Crippen molar-refractivity contribution in [2.45, 2.75) is 32.2 Å². The summed E-state index contributed by atoms with van der Waals surface area (Å²) >= 11 is 1.58. The van der Waals surface area contributed by atoms with Crippen LogP contribution in [0.5, 0.6) is 0 Å². The van der Waals surface area contributed by atoms with Gasteiger partial charge in [-0.05, 0) is 24.8 Å². The molecule has 1 aromatic heterocycles. The van der Waals surface area contributed by atoms with E-state index in [1.165, 1.54) is 0 Å². The Labute approximate surface area is 111 Å². The molecule has 1 N–H and O–H groups in total. The maximum Gasteiger partial charge on any atom is 0.245 e. The third-order valence-electron chi connectivity index (χ3n) is 3.60. The van der Waals surface area contributed by atoms with E-state index in [0.29, 0.717) is 25.9 Å². The Morgan fingerprint density at radius 3 is 3.00 bits per heavy atom. The number of thiophene rings is 1. The zero-order valence-electron chi connectivity index (χ0n) is 10.7. The van der Waals surface area contributed by atoms with Crippen LogP contribution in [0, 0.1) is 0 Å². The molecule has 0 aliphatic carbocycles. The van der Waals surface area contributed by atoms with E-state index in [9.17, 15) is 9.59 Å². The molecule has 18 heavy (non-hydrogen) atoms. The summed E-state index contributed by atoms with van der Waals surface area (Å²) in [7, 11) is 0. The van der Waals surface area contributed by atoms with Crippen molar-refractivity contribution in [3.63, 3.8) is 0 Å². The minimum absolute atomic E-state index is 0.0386. The molecule has 0 unspecified atom stereocenters. The first kappa shape index (κ1) is 13.1. The molecule has 0 saturated carbocycles. The molecule has 1 saturated heterocycles. The number of carbonyl (C=O) groups is 2. The van der Waals surface area contributed by atoms with E-state index < -0.39 is 5.54 Å². The molecule has 4 nitrogen and oxygen atoms in total. The number of piperazine rings is 1. The lowest BCUT2D eigenvalue weighted by Gasteiger charge is -2.43. The zero-order valence-corrected chi connectivity index (χ0v) is 11.5. The molecule has 1 aliphatic heterocycles. The van der Waals surface area contributed by atoms with Gasteiger partial charge < -0.3 is 10.2 Å². The number of carbonyl (C=O) groups excluding carboxylic acids is 2. The summed E-state index contributed by atoms with van der Waals surface area (Å²) in [6, 6.07) is 3.89. The van der Waals surface area contributed by atoms with Gasteiger partial charge in [-0.3, -0.25) is 9.59 Å². The van der Waals surface area contributed by atoms with E-state index in [1.807, 2.05) is 31.4 Å². The first-order valence-electron chi connectivity index (χ1n) is 6.19. The summed E-state index contributed by atoms with van der Waals surface area (Å²) in [4.78, 5) is 27.1. The molecule has 1 atom stereocenters. The van der Waals surface area contributed by atoms with Gasteiger partial charge in [-0.15, -0.1) is 11.3 Å². The van der Waals surface area contributed by atoms with E-state index in [-0.39, 0.29) is 11.8 Å². The second kappa shape index (κ2) is 5.10. The van der Waals surface area contributed by atoms with Gasteiger partial charge in [0.05, 0.1) is 6.42 Å². The molecule has 2 amide bonds. The van der Waals surface area contributed by atoms with Crippen molar-refractivity contribution in [1.82, 2.24) is 10.2 Å². The Morgan fingerprint density at radius 2 is 2.39 bits per heavy atom. The van der Waals surface area contributed by atoms with Crippen LogP contribution in [0.3, 0.4) is 0 Å². The second-order valence-electron chi connectivity index (χ2n) is 4.68. The minimum atomic E-state index is -0.702. The number of amides is 2. The predicted octanol–water partition coefficient (Wildman–Crippen LogP) is 1.42. The normalized spacial score (nSPS) is 23.9. The van der Waals surface area contributed by atoms with Gasteiger partial charge in [0.1, 0.15) is 5.54 Å². The number of nitrogens with one attached hydrogen (secondary N) is 1. The molecule has 1 aliphatic rings. The van der Waals surface area contributed by atoms with Crippen LogP contribution in [0.1, 0.15) is 25.1 Å². The van der Waals surface area contributed by atoms with E-state index >= 15 is 0 Å². The molecule has 2 heterocycles. The van der Waals surface area contributed by atoms with Crippen LogP contribution in [0.2, 0.25) is 0 Å². The van der Waals surface area contributed by atoms with Crippen LogP contribution in [-0.2, 0) is 16.0 Å². The fourth-order valence-corrected chi connectivity index (χ4v) is 2.95. The van der Waals surface area contributed by atoms with Crippen LogP contribution in [-0.4, -0.2) is 35.3 Å². The van der Waals surface area contributed by atoms with Gasteiger partial charge in [0.25, 0.3) is 0 Å². The molecule has 0 spiro atoms. The topological polar surface area (TPSA) is 49.4 Å². The monoisotopic (exact) mass is 266 g/mol. The number of nitrogens with zero attached hydrogens (tertiary/aromatic N) is 1. The second-order valence-corrected chi connectivity index (χ2v) is 5.72. The van der Waals surface area contributed by atoms with Gasteiger partial charge in [-0.25, -0.2) is 0 Å². The smallest absolute Gasteiger partial charge is 0.245 e. The molecule has 1 fully saturated rings. The van der Waals surface area contributed by atoms with Crippen molar-refractivity contribution < 1.29 is 9.59 Å². The predicted molar refractivity (Wildman–Crippen MR) is 71.4 cm³/mol. The van der Waals surface area contributed by atoms with Crippen LogP contribution in [0.15, 0.2) is 17.5 Å². The summed E-state index contributed by atoms with van der Waals surface area (Å²) in [6.07, 6.45) is 1.02. The summed E-state index contributed by atoms with van der Waals surface area (Å²) in [5, 5.41) is 4.80. The first-order chi connectivity index (χ1) is 8.58. The van der Waals surface area contributed by atoms with Crippen LogP contribution in [0.4, 0.5) is 0 Å². The summed E-state index contributed by atoms with van der Waals surface area (Å²) in [5.74, 6) is -0.00701. The molecule has 1 aromatic rings. The lowest BCUT2D eigenvalue weighted by molar-refractivity contribution is -0.150. The average Bonchev–Trinajstić information content (AvgIpc) is 2.85. The third-order valence-corrected chi connectivity index (χ3v) is 4.48. The third kappa shape index (κ3) is 2.27. The summed E-state index contributed by atoms with van der Waals surface area (Å²) < 4.78 is 0. The fourth-order valence-electron chi connectivity index (χ4n) is 2.25. The maximum absolute atomic E-state index is 12.3. The van der Waals surface area contributed by atoms with Crippen molar-refractivity contribution in [2.24, 2.45) is 0 Å². The summed E-state index contributed by atoms with van der Waals surface area (Å²) in [5.41, 5.74) is -0.702. The number of rotatable bonds is 3. The lowest BCUT2D eigenvalue weighted by Crippen LogP contribution is -2.64. The van der Waals surface area contributed by atoms with Crippen molar-refractivity contribution in [3.8, 4) is 0 Å². The lowest BCUT2D eigenvalue weighted by atomic mass is 9.92. The van der Waals surface area contributed by atoms with Crippen LogP contribution < -0.4 is 5.32 Å². The minimum Gasteiger partial charge on any atom is -0.352 e. The largest absolute Gasteiger partial charge is 0.352 e. The maximum atomic E-state index is 12.3. The molecule has 5 heteroatoms. The van der Waals surface area contributed by atoms with Gasteiger partial charge in [0.15, 0.2) is 0 Å². The fraction of sp³-hybridized carbons (Fsp3) is 0.538. The van der Waals surface area contributed by atoms with Crippen molar-refractivity contribution in [3.05, 3.63) is 22.4 Å². The highest BCUT2D eigenvalue weighted by atomic mass is 32.1. The average molecular weight is 266 g/mol. The van der Waals surface area contributed by atoms with Gasteiger partial charge in [-0.1, -0.05) is 13.0 Å². The van der Waals surface area contributed by atoms with Crippen molar-refractivity contribution in [1.29, 1.82) is 0 Å². The number of hydrogen-bond donors (Lipinski definition) is 1. The summed E-state index contributed by atoms with van der Waals surface area (Å²) in [6.45, 7) is 4.93. The SMILES string of the molecule is CC[C@]1(C)C(=O)NCCN1C(=O)Cc1cccs1. The van der Waals surface area contributed by atoms with Gasteiger partial charge >= 0.3 is 0 Å². The highest BCUT2D eigenvalue weighted by molar-refractivity contribution is 7.10. The zero-order chi connectivity index (χ0) is 13.2. The van der Waals surface area contributed by atoms with Crippen molar-refractivity contribution in [2.75, 3.05) is 13.1 Å². The highest BCUT2D eigenvalue weighted by Crippen LogP contribution is 2.24. The van der Waals surface area contributed by atoms with Crippen LogP contribution >= 0.6 is 11.3 Å². The molecule has 0 radical (unpaired) electrons. The Kier molecular flexibility index (Phi) is 3.71. The molecule has 0 bridgehead atoms. The Morgan fingerprint density at radius 1 is 1.61 bits per heavy atom. The Balaban J connectivity index is 2.15. The Hall–Kier alpha value is -1.36. The molecule has 0 aromatic carbocycles. The van der Waals surface area contributed by atoms with E-state index in [4.69, 9.17) is 0 Å². The standard InChI is InChI=1S/C13H18N2O2S/c1-3-13(2)12(17)14-6-7-15(13)11(16)9-10-5-4-8-18-10/h4-5,8H,3,6-7,9H2,1-2H3,(H,14,17)/t13-/m1/s1. The first-order valence-corrected chi connectivity index (χ1v) is 7.07. The van der Waals surface area contributed by atoms with E-state index in [2.05, 4.69) is 5.32 Å². The van der Waals surface area contributed by atoms with Gasteiger partial charge in [0, 0.05) is 18.0 Å². The van der Waals surface area contributed by atoms with Gasteiger partial charge in [0.2, 0.25) is 11.8 Å². The highest BCUT2D eigenvalue weighted by Gasteiger charge is 2.42. The van der Waals surface area contributed by atoms with E-state index in [0.717, 1.165) is 4.88 Å².